The summed E-state index contributed by atoms with van der Waals surface area (Å²) in [5.41, 5.74) is 6.10. The van der Waals surface area contributed by atoms with Crippen molar-refractivity contribution in [3.8, 4) is 39.5 Å². The van der Waals surface area contributed by atoms with Crippen molar-refractivity contribution >= 4 is 11.1 Å². The largest absolute Gasteiger partial charge is 0.493 e. The molecule has 5 aromatic rings. The van der Waals surface area contributed by atoms with E-state index in [9.17, 15) is 5.11 Å². The molecule has 7 nitrogen and oxygen atoms in total. The summed E-state index contributed by atoms with van der Waals surface area (Å²) in [6.45, 7) is 0.533. The van der Waals surface area contributed by atoms with Crippen LogP contribution in [0.15, 0.2) is 77.7 Å². The van der Waals surface area contributed by atoms with E-state index in [1.54, 1.807) is 35.4 Å². The Kier molecular flexibility index (Phi) is 4.49. The predicted octanol–water partition coefficient (Wildman–Crippen LogP) is 4.12. The van der Waals surface area contributed by atoms with Gasteiger partial charge in [-0.2, -0.15) is 5.10 Å². The van der Waals surface area contributed by atoms with Crippen LogP contribution in [0.2, 0.25) is 0 Å². The van der Waals surface area contributed by atoms with Crippen molar-refractivity contribution in [1.29, 1.82) is 0 Å². The first-order valence-electron chi connectivity index (χ1n) is 9.49. The molecule has 0 fully saturated rings. The maximum absolute atomic E-state index is 9.44. The molecule has 0 aliphatic heterocycles. The molecular formula is C23H18N4O3. The highest BCUT2D eigenvalue weighted by Crippen LogP contribution is 2.34. The quantitative estimate of drug-likeness (QED) is 0.462. The minimum Gasteiger partial charge on any atom is -0.493 e. The molecule has 4 aromatic heterocycles. The molecule has 4 heterocycles. The van der Waals surface area contributed by atoms with Crippen LogP contribution in [0.5, 0.6) is 5.88 Å². The van der Waals surface area contributed by atoms with Crippen LogP contribution in [0, 0.1) is 0 Å². The monoisotopic (exact) mass is 398 g/mol. The van der Waals surface area contributed by atoms with Crippen molar-refractivity contribution in [2.45, 2.75) is 6.54 Å². The van der Waals surface area contributed by atoms with E-state index in [2.05, 4.69) is 15.1 Å². The van der Waals surface area contributed by atoms with E-state index in [0.29, 0.717) is 12.1 Å². The van der Waals surface area contributed by atoms with Gasteiger partial charge in [-0.3, -0.25) is 9.67 Å². The summed E-state index contributed by atoms with van der Waals surface area (Å²) in [7, 11) is 0. The first-order valence-corrected chi connectivity index (χ1v) is 9.49. The number of aliphatic hydroxyl groups excluding tert-OH is 1. The minimum absolute atomic E-state index is 0.0221. The van der Waals surface area contributed by atoms with Crippen molar-refractivity contribution in [3.05, 3.63) is 73.3 Å². The highest BCUT2D eigenvalue weighted by molar-refractivity contribution is 5.92. The van der Waals surface area contributed by atoms with Crippen LogP contribution in [0.3, 0.4) is 0 Å². The molecule has 0 aliphatic carbocycles. The van der Waals surface area contributed by atoms with Gasteiger partial charge in [0.25, 0.3) is 0 Å². The summed E-state index contributed by atoms with van der Waals surface area (Å²) in [6.07, 6.45) is 7.04. The summed E-state index contributed by atoms with van der Waals surface area (Å²) >= 11 is 0. The lowest BCUT2D eigenvalue weighted by Gasteiger charge is -2.02. The number of aromatic hydroxyl groups is 1. The smallest absolute Gasteiger partial charge is 0.210 e. The number of pyridine rings is 2. The number of aromatic nitrogens is 4. The summed E-state index contributed by atoms with van der Waals surface area (Å²) in [5.74, 6) is 0.699. The molecule has 30 heavy (non-hydrogen) atoms. The summed E-state index contributed by atoms with van der Waals surface area (Å²) in [4.78, 5) is 8.37. The molecule has 0 saturated heterocycles. The second-order valence-electron chi connectivity index (χ2n) is 6.88. The topological polar surface area (TPSA) is 97.2 Å². The average molecular weight is 398 g/mol. The number of benzene rings is 1. The molecule has 5 rings (SSSR count). The fourth-order valence-electron chi connectivity index (χ4n) is 3.42. The highest BCUT2D eigenvalue weighted by Gasteiger charge is 2.13. The lowest BCUT2D eigenvalue weighted by atomic mass is 10.1. The number of fused-ring (bicyclic) bond motifs is 1. The zero-order chi connectivity index (χ0) is 20.5. The van der Waals surface area contributed by atoms with Gasteiger partial charge in [0.15, 0.2) is 5.58 Å². The highest BCUT2D eigenvalue weighted by atomic mass is 16.3. The lowest BCUT2D eigenvalue weighted by molar-refractivity contribution is 0.269. The number of furan rings is 1. The zero-order valence-electron chi connectivity index (χ0n) is 15.9. The van der Waals surface area contributed by atoms with Crippen LogP contribution in [-0.4, -0.2) is 36.6 Å². The third-order valence-electron chi connectivity index (χ3n) is 4.94. The van der Waals surface area contributed by atoms with Gasteiger partial charge in [0.2, 0.25) is 5.88 Å². The molecule has 148 valence electrons. The summed E-state index contributed by atoms with van der Waals surface area (Å²) in [5, 5.41) is 22.7. The number of hydrogen-bond donors (Lipinski definition) is 2. The molecule has 1 aromatic carbocycles. The van der Waals surface area contributed by atoms with Gasteiger partial charge in [0.05, 0.1) is 19.3 Å². The maximum Gasteiger partial charge on any atom is 0.210 e. The van der Waals surface area contributed by atoms with Crippen molar-refractivity contribution in [2.75, 3.05) is 6.61 Å². The SMILES string of the molecule is OCCn1cc(-c2ccc(-c3cc4nccc(-c5ccc(O)nc5)c4o3)cc2)cn1. The van der Waals surface area contributed by atoms with E-state index < -0.39 is 0 Å². The van der Waals surface area contributed by atoms with Crippen LogP contribution in [0.1, 0.15) is 0 Å². The Morgan fingerprint density at radius 2 is 1.67 bits per heavy atom. The van der Waals surface area contributed by atoms with Crippen molar-refractivity contribution < 1.29 is 14.6 Å². The van der Waals surface area contributed by atoms with E-state index in [4.69, 9.17) is 9.52 Å². The van der Waals surface area contributed by atoms with Gasteiger partial charge in [-0.1, -0.05) is 24.3 Å². The standard InChI is InChI=1S/C23H18N4O3/c28-10-9-27-14-18(13-26-27)15-1-3-16(4-2-15)21-11-20-23(30-21)19(7-8-24-20)17-5-6-22(29)25-12-17/h1-8,11-14,28H,9-10H2,(H,25,29). The van der Waals surface area contributed by atoms with Crippen molar-refractivity contribution in [3.63, 3.8) is 0 Å². The van der Waals surface area contributed by atoms with Gasteiger partial charge < -0.3 is 14.6 Å². The van der Waals surface area contributed by atoms with E-state index in [-0.39, 0.29) is 12.5 Å². The second-order valence-corrected chi connectivity index (χ2v) is 6.88. The Balaban J connectivity index is 1.49. The number of hydrogen-bond acceptors (Lipinski definition) is 6. The van der Waals surface area contributed by atoms with Crippen molar-refractivity contribution in [2.24, 2.45) is 0 Å². The molecule has 0 bridgehead atoms. The third kappa shape index (κ3) is 3.31. The Bertz CT molecular complexity index is 1300. The van der Waals surface area contributed by atoms with Gasteiger partial charge in [0.1, 0.15) is 11.3 Å². The van der Waals surface area contributed by atoms with Crippen LogP contribution < -0.4 is 0 Å². The van der Waals surface area contributed by atoms with E-state index in [1.807, 2.05) is 42.6 Å². The Morgan fingerprint density at radius 3 is 2.43 bits per heavy atom. The molecule has 2 N–H and O–H groups in total. The zero-order valence-corrected chi connectivity index (χ0v) is 15.9. The van der Waals surface area contributed by atoms with Crippen LogP contribution in [-0.2, 0) is 6.54 Å². The fraction of sp³-hybridized carbons (Fsp3) is 0.0870. The van der Waals surface area contributed by atoms with E-state index in [1.165, 1.54) is 0 Å². The number of rotatable bonds is 5. The molecule has 0 radical (unpaired) electrons. The van der Waals surface area contributed by atoms with Crippen molar-refractivity contribution in [1.82, 2.24) is 19.7 Å². The Morgan fingerprint density at radius 1 is 0.867 bits per heavy atom. The normalized spacial score (nSPS) is 11.2. The lowest BCUT2D eigenvalue weighted by Crippen LogP contribution is -2.01. The molecular weight excluding hydrogens is 380 g/mol. The molecule has 0 unspecified atom stereocenters. The van der Waals surface area contributed by atoms with Gasteiger partial charge in [-0.25, -0.2) is 4.98 Å². The molecule has 0 spiro atoms. The Hall–Kier alpha value is -3.97. The first-order chi connectivity index (χ1) is 14.7. The van der Waals surface area contributed by atoms with Crippen LogP contribution in [0.4, 0.5) is 0 Å². The van der Waals surface area contributed by atoms with Gasteiger partial charge in [-0.05, 0) is 17.7 Å². The number of aliphatic hydroxyl groups is 1. The number of nitrogens with zero attached hydrogens (tertiary/aromatic N) is 4. The van der Waals surface area contributed by atoms with Gasteiger partial charge >= 0.3 is 0 Å². The maximum atomic E-state index is 9.44. The molecule has 0 aliphatic rings. The minimum atomic E-state index is -0.0221. The molecule has 0 atom stereocenters. The average Bonchev–Trinajstić information content (AvgIpc) is 3.42. The first kappa shape index (κ1) is 18.1. The van der Waals surface area contributed by atoms with E-state index in [0.717, 1.165) is 39.1 Å². The van der Waals surface area contributed by atoms with E-state index >= 15 is 0 Å². The Labute approximate surface area is 171 Å². The summed E-state index contributed by atoms with van der Waals surface area (Å²) in [6, 6.07) is 15.2. The van der Waals surface area contributed by atoms with Crippen LogP contribution >= 0.6 is 0 Å². The van der Waals surface area contributed by atoms with Crippen LogP contribution in [0.25, 0.3) is 44.7 Å². The van der Waals surface area contributed by atoms with Gasteiger partial charge in [-0.15, -0.1) is 0 Å². The fourth-order valence-corrected chi connectivity index (χ4v) is 3.42. The molecule has 7 heteroatoms. The van der Waals surface area contributed by atoms with Gasteiger partial charge in [0, 0.05) is 53.0 Å². The summed E-state index contributed by atoms with van der Waals surface area (Å²) < 4.78 is 7.87. The predicted molar refractivity (Wildman–Crippen MR) is 113 cm³/mol. The molecule has 0 saturated carbocycles. The third-order valence-corrected chi connectivity index (χ3v) is 4.94. The second kappa shape index (κ2) is 7.46. The molecule has 0 amide bonds.